The SMILES string of the molecule is C=O.C=O.C=O.C=O.C=O.C=O.[Co+2].[Co+2].[Co+2].[N-3].[N-3]. The summed E-state index contributed by atoms with van der Waals surface area (Å²) in [4.78, 5) is 48.0. The molecule has 0 spiro atoms. The summed E-state index contributed by atoms with van der Waals surface area (Å²) in [7, 11) is 0. The summed E-state index contributed by atoms with van der Waals surface area (Å²) < 4.78 is 0. The van der Waals surface area contributed by atoms with Crippen LogP contribution in [0.5, 0.6) is 0 Å². The van der Waals surface area contributed by atoms with Gasteiger partial charge in [-0.3, -0.25) is 0 Å². The molecule has 109 valence electrons. The maximum absolute atomic E-state index is 8.00. The van der Waals surface area contributed by atoms with E-state index in [9.17, 15) is 0 Å². The van der Waals surface area contributed by atoms with E-state index in [0.29, 0.717) is 0 Å². The number of nitrogens with zero attached hydrogens (tertiary/aromatic N) is 2. The number of carbonyl (C=O) groups is 6. The average molecular weight is 385 g/mol. The Bertz CT molecular complexity index is 47.2. The average Bonchev–Trinajstić information content (AvgIpc) is 2.33. The van der Waals surface area contributed by atoms with Gasteiger partial charge in [-0.2, -0.15) is 0 Å². The van der Waals surface area contributed by atoms with E-state index >= 15 is 0 Å². The van der Waals surface area contributed by atoms with Crippen LogP contribution in [0, 0.1) is 0 Å². The monoisotopic (exact) mass is 385 g/mol. The summed E-state index contributed by atoms with van der Waals surface area (Å²) in [6.07, 6.45) is 0. The molecule has 0 N–H and O–H groups in total. The molecule has 0 unspecified atom stereocenters. The second kappa shape index (κ2) is 11100. The number of hydrogen-bond donors (Lipinski definition) is 0. The number of rotatable bonds is 0. The van der Waals surface area contributed by atoms with Crippen molar-refractivity contribution in [1.29, 1.82) is 0 Å². The molecule has 11 heteroatoms. The van der Waals surface area contributed by atoms with E-state index in [1.807, 2.05) is 40.7 Å². The molecule has 0 fully saturated rings. The predicted octanol–water partition coefficient (Wildman–Crippen LogP) is -0.540. The Morgan fingerprint density at radius 2 is 0.294 bits per heavy atom. The zero-order valence-corrected chi connectivity index (χ0v) is 11.7. The predicted molar refractivity (Wildman–Crippen MR) is 49.4 cm³/mol. The van der Waals surface area contributed by atoms with Crippen molar-refractivity contribution in [3.63, 3.8) is 0 Å². The third-order valence-electron chi connectivity index (χ3n) is 0. The quantitative estimate of drug-likeness (QED) is 0.544. The summed E-state index contributed by atoms with van der Waals surface area (Å²) in [5.74, 6) is 0. The van der Waals surface area contributed by atoms with Gasteiger partial charge in [0.05, 0.1) is 0 Å². The van der Waals surface area contributed by atoms with Gasteiger partial charge in [-0.1, -0.05) is 0 Å². The topological polar surface area (TPSA) is 163 Å². The van der Waals surface area contributed by atoms with Gasteiger partial charge in [-0.15, -0.1) is 0 Å². The van der Waals surface area contributed by atoms with E-state index in [-0.39, 0.29) is 62.6 Å². The Morgan fingerprint density at radius 1 is 0.294 bits per heavy atom. The summed E-state index contributed by atoms with van der Waals surface area (Å²) in [5, 5.41) is 0. The summed E-state index contributed by atoms with van der Waals surface area (Å²) in [5.41, 5.74) is 0. The molecule has 0 atom stereocenters. The maximum atomic E-state index is 8.00. The normalized spacial score (nSPS) is 1.41. The molecule has 3 radical (unpaired) electrons. The number of hydrogen-bond acceptors (Lipinski definition) is 6. The summed E-state index contributed by atoms with van der Waals surface area (Å²) in [6, 6.07) is 0. The van der Waals surface area contributed by atoms with Gasteiger partial charge in [0.15, 0.2) is 0 Å². The van der Waals surface area contributed by atoms with Gasteiger partial charge in [0.25, 0.3) is 0 Å². The van der Waals surface area contributed by atoms with Crippen LogP contribution in [0.2, 0.25) is 0 Å². The zero-order chi connectivity index (χ0) is 12.0. The smallest absolute Gasteiger partial charge is 2.00 e. The van der Waals surface area contributed by atoms with Crippen LogP contribution in [0.25, 0.3) is 12.3 Å². The van der Waals surface area contributed by atoms with Gasteiger partial charge in [-0.25, -0.2) is 0 Å². The molecule has 0 aliphatic heterocycles. The Morgan fingerprint density at radius 3 is 0.294 bits per heavy atom. The molecule has 0 rings (SSSR count). The Kier molecular flexibility index (Phi) is 85900. The molecule has 0 bridgehead atoms. The van der Waals surface area contributed by atoms with Crippen molar-refractivity contribution < 1.29 is 79.1 Å². The first kappa shape index (κ1) is 132. The largest absolute Gasteiger partial charge is 3.00 e. The van der Waals surface area contributed by atoms with Crippen molar-refractivity contribution in [1.82, 2.24) is 0 Å². The van der Waals surface area contributed by atoms with E-state index in [1.54, 1.807) is 0 Å². The Labute approximate surface area is 132 Å². The van der Waals surface area contributed by atoms with E-state index in [4.69, 9.17) is 28.8 Å². The standard InChI is InChI=1S/6CH2O.3Co.2N/c6*1-2;;;;;/h6*1H2;;;;;/q;;;;;;3*+2;2*-3. The van der Waals surface area contributed by atoms with E-state index < -0.39 is 0 Å². The first-order valence-electron chi connectivity index (χ1n) is 1.73. The molecule has 0 heterocycles. The Hall–Kier alpha value is -0.541. The summed E-state index contributed by atoms with van der Waals surface area (Å²) in [6.45, 7) is 12.0. The van der Waals surface area contributed by atoms with Gasteiger partial charge in [0.2, 0.25) is 0 Å². The molecule has 0 amide bonds. The van der Waals surface area contributed by atoms with Crippen molar-refractivity contribution >= 4 is 40.7 Å². The molecule has 0 saturated heterocycles. The molecule has 0 aromatic rings. The second-order valence-corrected chi connectivity index (χ2v) is 0. The first-order chi connectivity index (χ1) is 6.00. The van der Waals surface area contributed by atoms with Gasteiger partial charge in [-0.05, 0) is 0 Å². The van der Waals surface area contributed by atoms with Crippen molar-refractivity contribution in [2.75, 3.05) is 0 Å². The Balaban J connectivity index is -0.00000000267. The van der Waals surface area contributed by atoms with E-state index in [2.05, 4.69) is 0 Å². The van der Waals surface area contributed by atoms with Crippen LogP contribution in [-0.2, 0) is 79.1 Å². The molecule has 8 nitrogen and oxygen atoms in total. The van der Waals surface area contributed by atoms with Gasteiger partial charge >= 0.3 is 50.3 Å². The fourth-order valence-electron chi connectivity index (χ4n) is 0. The third-order valence-corrected chi connectivity index (χ3v) is 0. The minimum absolute atomic E-state index is 0. The third kappa shape index (κ3) is 9590. The molecule has 0 saturated carbocycles. The van der Waals surface area contributed by atoms with Crippen LogP contribution in [0.15, 0.2) is 0 Å². The van der Waals surface area contributed by atoms with Crippen LogP contribution in [-0.4, -0.2) is 40.7 Å². The van der Waals surface area contributed by atoms with Crippen molar-refractivity contribution in [2.45, 2.75) is 0 Å². The van der Waals surface area contributed by atoms with E-state index in [0.717, 1.165) is 0 Å². The summed E-state index contributed by atoms with van der Waals surface area (Å²) >= 11 is 0. The van der Waals surface area contributed by atoms with Crippen LogP contribution in [0.3, 0.4) is 0 Å². The molecule has 0 aliphatic carbocycles. The van der Waals surface area contributed by atoms with Crippen LogP contribution in [0.1, 0.15) is 0 Å². The fraction of sp³-hybridized carbons (Fsp3) is 0. The van der Waals surface area contributed by atoms with Crippen molar-refractivity contribution in [3.05, 3.63) is 12.3 Å². The number of carbonyl (C=O) groups excluding carboxylic acids is 6. The minimum Gasteiger partial charge on any atom is -3.00 e. The van der Waals surface area contributed by atoms with Gasteiger partial charge in [0, 0.05) is 0 Å². The fourth-order valence-corrected chi connectivity index (χ4v) is 0. The first-order valence-corrected chi connectivity index (χ1v) is 1.73. The zero-order valence-electron chi connectivity index (χ0n) is 8.59. The van der Waals surface area contributed by atoms with Crippen LogP contribution < -0.4 is 0 Å². The molecular weight excluding hydrogens is 373 g/mol. The molecular formula is C6H12Co3N2O6. The second-order valence-electron chi connectivity index (χ2n) is 0. The molecule has 0 aliphatic rings. The maximum Gasteiger partial charge on any atom is 2.00 e. The van der Waals surface area contributed by atoms with Gasteiger partial charge in [0.1, 0.15) is 40.7 Å². The van der Waals surface area contributed by atoms with Gasteiger partial charge < -0.3 is 41.1 Å². The molecule has 0 aromatic carbocycles. The minimum atomic E-state index is 0. The molecule has 0 aromatic heterocycles. The molecule has 17 heavy (non-hydrogen) atoms. The van der Waals surface area contributed by atoms with Crippen LogP contribution >= 0.6 is 0 Å². The van der Waals surface area contributed by atoms with E-state index in [1.165, 1.54) is 0 Å². The van der Waals surface area contributed by atoms with Crippen molar-refractivity contribution in [2.24, 2.45) is 0 Å². The van der Waals surface area contributed by atoms with Crippen molar-refractivity contribution in [3.8, 4) is 0 Å². The van der Waals surface area contributed by atoms with Crippen LogP contribution in [0.4, 0.5) is 0 Å².